The highest BCUT2D eigenvalue weighted by Gasteiger charge is 2.20. The fourth-order valence-corrected chi connectivity index (χ4v) is 3.48. The average molecular weight is 270 g/mol. The summed E-state index contributed by atoms with van der Waals surface area (Å²) < 4.78 is 0. The molecule has 1 saturated carbocycles. The van der Waals surface area contributed by atoms with Crippen LogP contribution in [0.3, 0.4) is 0 Å². The summed E-state index contributed by atoms with van der Waals surface area (Å²) in [7, 11) is 0. The van der Waals surface area contributed by atoms with Crippen molar-refractivity contribution in [2.75, 3.05) is 0 Å². The number of thiophene rings is 1. The molecule has 1 aliphatic carbocycles. The van der Waals surface area contributed by atoms with Crippen LogP contribution in [0.15, 0.2) is 36.4 Å². The highest BCUT2D eigenvalue weighted by atomic mass is 32.1. The van der Waals surface area contributed by atoms with Crippen molar-refractivity contribution in [3.05, 3.63) is 46.8 Å². The first-order chi connectivity index (χ1) is 9.22. The number of aryl methyl sites for hydroxylation is 1. The maximum atomic E-state index is 2.39. The summed E-state index contributed by atoms with van der Waals surface area (Å²) in [6, 6.07) is 13.7. The normalized spacial score (nSPS) is 15.1. The highest BCUT2D eigenvalue weighted by molar-refractivity contribution is 7.15. The Kier molecular flexibility index (Phi) is 3.74. The Labute approximate surface area is 120 Å². The molecule has 0 N–H and O–H groups in total. The van der Waals surface area contributed by atoms with Crippen LogP contribution < -0.4 is 0 Å². The zero-order valence-electron chi connectivity index (χ0n) is 11.9. The minimum absolute atomic E-state index is 0.636. The molecule has 0 unspecified atom stereocenters. The van der Waals surface area contributed by atoms with Gasteiger partial charge in [-0.1, -0.05) is 51.0 Å². The molecule has 1 heteroatoms. The van der Waals surface area contributed by atoms with Crippen LogP contribution >= 0.6 is 11.3 Å². The Morgan fingerprint density at radius 2 is 2.00 bits per heavy atom. The second-order valence-electron chi connectivity index (χ2n) is 6.04. The van der Waals surface area contributed by atoms with E-state index >= 15 is 0 Å². The maximum Gasteiger partial charge on any atom is 0.0345 e. The zero-order valence-corrected chi connectivity index (χ0v) is 12.7. The molecule has 0 bridgehead atoms. The summed E-state index contributed by atoms with van der Waals surface area (Å²) in [5.74, 6) is 1.66. The number of hydrogen-bond donors (Lipinski definition) is 0. The smallest absolute Gasteiger partial charge is 0.0345 e. The molecule has 3 rings (SSSR count). The molecule has 1 aliphatic rings. The molecule has 1 aromatic carbocycles. The van der Waals surface area contributed by atoms with E-state index in [-0.39, 0.29) is 0 Å². The molecular formula is C18H22S. The van der Waals surface area contributed by atoms with Gasteiger partial charge in [-0.3, -0.25) is 0 Å². The summed E-state index contributed by atoms with van der Waals surface area (Å²) in [4.78, 5) is 2.90. The molecule has 19 heavy (non-hydrogen) atoms. The number of benzene rings is 1. The minimum atomic E-state index is 0.636. The average Bonchev–Trinajstić information content (AvgIpc) is 3.10. The summed E-state index contributed by atoms with van der Waals surface area (Å²) in [5.41, 5.74) is 2.90. The molecule has 0 spiro atoms. The van der Waals surface area contributed by atoms with E-state index in [1.165, 1.54) is 46.6 Å². The summed E-state index contributed by atoms with van der Waals surface area (Å²) in [6.07, 6.45) is 5.55. The van der Waals surface area contributed by atoms with Crippen LogP contribution in [0.4, 0.5) is 0 Å². The lowest BCUT2D eigenvalue weighted by atomic mass is 10.0. The van der Waals surface area contributed by atoms with Crippen molar-refractivity contribution in [1.29, 1.82) is 0 Å². The lowest BCUT2D eigenvalue weighted by Crippen LogP contribution is -1.87. The molecule has 0 amide bonds. The molecular weight excluding hydrogens is 248 g/mol. The van der Waals surface area contributed by atoms with Crippen molar-refractivity contribution in [3.8, 4) is 10.4 Å². The van der Waals surface area contributed by atoms with Crippen molar-refractivity contribution < 1.29 is 0 Å². The van der Waals surface area contributed by atoms with E-state index in [0.717, 1.165) is 5.92 Å². The molecule has 1 fully saturated rings. The van der Waals surface area contributed by atoms with E-state index < -0.39 is 0 Å². The van der Waals surface area contributed by atoms with Crippen molar-refractivity contribution >= 4 is 11.3 Å². The Balaban J connectivity index is 1.76. The van der Waals surface area contributed by atoms with Gasteiger partial charge in [-0.15, -0.1) is 11.3 Å². The molecule has 1 heterocycles. The summed E-state index contributed by atoms with van der Waals surface area (Å²) in [6.45, 7) is 4.53. The van der Waals surface area contributed by atoms with E-state index in [0.29, 0.717) is 5.92 Å². The predicted molar refractivity (Wildman–Crippen MR) is 84.9 cm³/mol. The van der Waals surface area contributed by atoms with Crippen LogP contribution in [0.1, 0.15) is 49.5 Å². The standard InChI is InChI=1S/C18H22S/c1-13(2)17-10-11-18(19-17)16-5-3-4-15(12-16)9-8-14-6-7-14/h3-5,10-14H,6-9H2,1-2H3. The Morgan fingerprint density at radius 1 is 1.16 bits per heavy atom. The van der Waals surface area contributed by atoms with Gasteiger partial charge in [-0.2, -0.15) is 0 Å². The summed E-state index contributed by atoms with van der Waals surface area (Å²) in [5, 5.41) is 0. The van der Waals surface area contributed by atoms with Crippen molar-refractivity contribution in [3.63, 3.8) is 0 Å². The second kappa shape index (κ2) is 5.50. The van der Waals surface area contributed by atoms with Gasteiger partial charge in [0.2, 0.25) is 0 Å². The van der Waals surface area contributed by atoms with Gasteiger partial charge >= 0.3 is 0 Å². The van der Waals surface area contributed by atoms with E-state index in [1.807, 2.05) is 11.3 Å². The van der Waals surface area contributed by atoms with Crippen molar-refractivity contribution in [2.45, 2.75) is 45.4 Å². The maximum absolute atomic E-state index is 2.39. The third kappa shape index (κ3) is 3.27. The van der Waals surface area contributed by atoms with Gasteiger partial charge in [0.1, 0.15) is 0 Å². The highest BCUT2D eigenvalue weighted by Crippen LogP contribution is 2.35. The van der Waals surface area contributed by atoms with Gasteiger partial charge in [0.15, 0.2) is 0 Å². The lowest BCUT2D eigenvalue weighted by molar-refractivity contribution is 0.727. The molecule has 100 valence electrons. The van der Waals surface area contributed by atoms with E-state index in [1.54, 1.807) is 0 Å². The van der Waals surface area contributed by atoms with E-state index in [2.05, 4.69) is 50.2 Å². The van der Waals surface area contributed by atoms with Gasteiger partial charge < -0.3 is 0 Å². The SMILES string of the molecule is CC(C)c1ccc(-c2cccc(CCC3CC3)c2)s1. The van der Waals surface area contributed by atoms with Crippen molar-refractivity contribution in [1.82, 2.24) is 0 Å². The first kappa shape index (κ1) is 12.9. The molecule has 0 nitrogen and oxygen atoms in total. The quantitative estimate of drug-likeness (QED) is 0.636. The van der Waals surface area contributed by atoms with Crippen LogP contribution in [0.2, 0.25) is 0 Å². The van der Waals surface area contributed by atoms with E-state index in [9.17, 15) is 0 Å². The van der Waals surface area contributed by atoms with Crippen LogP contribution in [-0.2, 0) is 6.42 Å². The summed E-state index contributed by atoms with van der Waals surface area (Å²) >= 11 is 1.94. The molecule has 2 aromatic rings. The Hall–Kier alpha value is -1.08. The lowest BCUT2D eigenvalue weighted by Gasteiger charge is -2.04. The monoisotopic (exact) mass is 270 g/mol. The fraction of sp³-hybridized carbons (Fsp3) is 0.444. The molecule has 0 radical (unpaired) electrons. The van der Waals surface area contributed by atoms with Crippen LogP contribution in [0.5, 0.6) is 0 Å². The number of hydrogen-bond acceptors (Lipinski definition) is 1. The number of rotatable bonds is 5. The Bertz CT molecular complexity index is 546. The molecule has 0 aliphatic heterocycles. The van der Waals surface area contributed by atoms with Gasteiger partial charge in [0.05, 0.1) is 0 Å². The van der Waals surface area contributed by atoms with Crippen LogP contribution in [0, 0.1) is 5.92 Å². The molecule has 0 atom stereocenters. The minimum Gasteiger partial charge on any atom is -0.140 e. The third-order valence-corrected chi connectivity index (χ3v) is 5.38. The zero-order chi connectivity index (χ0) is 13.2. The molecule has 0 saturated heterocycles. The Morgan fingerprint density at radius 3 is 2.68 bits per heavy atom. The second-order valence-corrected chi connectivity index (χ2v) is 7.15. The van der Waals surface area contributed by atoms with Gasteiger partial charge in [0, 0.05) is 9.75 Å². The predicted octanol–water partition coefficient (Wildman–Crippen LogP) is 5.88. The van der Waals surface area contributed by atoms with E-state index in [4.69, 9.17) is 0 Å². The topological polar surface area (TPSA) is 0 Å². The van der Waals surface area contributed by atoms with Gasteiger partial charge in [-0.25, -0.2) is 0 Å². The van der Waals surface area contributed by atoms with Gasteiger partial charge in [-0.05, 0) is 47.9 Å². The third-order valence-electron chi connectivity index (χ3n) is 3.95. The largest absolute Gasteiger partial charge is 0.140 e. The first-order valence-corrected chi connectivity index (χ1v) is 8.23. The van der Waals surface area contributed by atoms with Crippen molar-refractivity contribution in [2.24, 2.45) is 5.92 Å². The fourth-order valence-electron chi connectivity index (χ4n) is 2.48. The van der Waals surface area contributed by atoms with Crippen LogP contribution in [0.25, 0.3) is 10.4 Å². The molecule has 1 aromatic heterocycles. The van der Waals surface area contributed by atoms with Gasteiger partial charge in [0.25, 0.3) is 0 Å². The first-order valence-electron chi connectivity index (χ1n) is 7.41. The van der Waals surface area contributed by atoms with Crippen LogP contribution in [-0.4, -0.2) is 0 Å².